The van der Waals surface area contributed by atoms with Crippen LogP contribution in [0.5, 0.6) is 0 Å². The van der Waals surface area contributed by atoms with Gasteiger partial charge in [0.25, 0.3) is 0 Å². The number of nitrogens with zero attached hydrogens (tertiary/aromatic N) is 4. The minimum absolute atomic E-state index is 0.488. The normalized spacial score (nSPS) is 10.4. The van der Waals surface area contributed by atoms with Crippen LogP contribution < -0.4 is 10.6 Å². The predicted molar refractivity (Wildman–Crippen MR) is 72.5 cm³/mol. The van der Waals surface area contributed by atoms with Crippen LogP contribution in [0.3, 0.4) is 0 Å². The second-order valence-corrected chi connectivity index (χ2v) is 4.16. The van der Waals surface area contributed by atoms with Gasteiger partial charge in [0.05, 0.1) is 17.6 Å². The lowest BCUT2D eigenvalue weighted by Gasteiger charge is -2.06. The van der Waals surface area contributed by atoms with Crippen LogP contribution in [0.4, 0.5) is 17.5 Å². The molecule has 0 aliphatic carbocycles. The number of nitrogens with one attached hydrogen (secondary N) is 2. The fourth-order valence-corrected chi connectivity index (χ4v) is 1.71. The van der Waals surface area contributed by atoms with E-state index in [2.05, 4.69) is 25.7 Å². The van der Waals surface area contributed by atoms with E-state index in [1.54, 1.807) is 13.2 Å². The van der Waals surface area contributed by atoms with E-state index in [4.69, 9.17) is 11.6 Å². The molecule has 2 N–H and O–H groups in total. The third-order valence-electron chi connectivity index (χ3n) is 2.50. The van der Waals surface area contributed by atoms with Crippen molar-refractivity contribution in [2.24, 2.45) is 0 Å². The molecule has 0 aliphatic rings. The largest absolute Gasteiger partial charge is 0.372 e. The molecule has 0 radical (unpaired) electrons. The van der Waals surface area contributed by atoms with Crippen LogP contribution in [0.15, 0.2) is 12.4 Å². The van der Waals surface area contributed by atoms with Crippen molar-refractivity contribution in [3.8, 4) is 0 Å². The maximum atomic E-state index is 5.93. The van der Waals surface area contributed by atoms with Crippen molar-refractivity contribution in [1.29, 1.82) is 0 Å². The monoisotopic (exact) mass is 266 g/mol. The number of halogens is 1. The summed E-state index contributed by atoms with van der Waals surface area (Å²) in [6, 6.07) is 0. The SMILES string of the molecule is CCn1cc(Nc2ncc(Cl)c(NC)n2)c(C)n1. The smallest absolute Gasteiger partial charge is 0.229 e. The van der Waals surface area contributed by atoms with E-state index in [9.17, 15) is 0 Å². The summed E-state index contributed by atoms with van der Waals surface area (Å²) in [6.45, 7) is 4.79. The molecule has 6 nitrogen and oxygen atoms in total. The maximum absolute atomic E-state index is 5.93. The first-order valence-corrected chi connectivity index (χ1v) is 6.03. The molecule has 0 amide bonds. The van der Waals surface area contributed by atoms with Gasteiger partial charge in [0.2, 0.25) is 5.95 Å². The zero-order valence-electron chi connectivity index (χ0n) is 10.5. The van der Waals surface area contributed by atoms with Gasteiger partial charge in [0.15, 0.2) is 0 Å². The van der Waals surface area contributed by atoms with Gasteiger partial charge in [0, 0.05) is 19.8 Å². The van der Waals surface area contributed by atoms with Crippen LogP contribution in [0.25, 0.3) is 0 Å². The Hall–Kier alpha value is -1.82. The maximum Gasteiger partial charge on any atom is 0.229 e. The molecule has 0 aliphatic heterocycles. The first-order valence-electron chi connectivity index (χ1n) is 5.65. The van der Waals surface area contributed by atoms with Gasteiger partial charge in [0.1, 0.15) is 10.8 Å². The first kappa shape index (κ1) is 12.6. The van der Waals surface area contributed by atoms with Crippen LogP contribution in [-0.2, 0) is 6.54 Å². The lowest BCUT2D eigenvalue weighted by atomic mass is 10.4. The Bertz CT molecular complexity index is 550. The highest BCUT2D eigenvalue weighted by Crippen LogP contribution is 2.21. The molecule has 2 rings (SSSR count). The van der Waals surface area contributed by atoms with Crippen molar-refractivity contribution in [1.82, 2.24) is 19.7 Å². The first-order chi connectivity index (χ1) is 8.63. The number of rotatable bonds is 4. The van der Waals surface area contributed by atoms with E-state index < -0.39 is 0 Å². The molecule has 2 aromatic heterocycles. The molecule has 0 bridgehead atoms. The van der Waals surface area contributed by atoms with Crippen LogP contribution >= 0.6 is 11.6 Å². The van der Waals surface area contributed by atoms with Gasteiger partial charge in [-0.15, -0.1) is 0 Å². The van der Waals surface area contributed by atoms with Crippen molar-refractivity contribution in [3.63, 3.8) is 0 Å². The summed E-state index contributed by atoms with van der Waals surface area (Å²) >= 11 is 5.93. The summed E-state index contributed by atoms with van der Waals surface area (Å²) in [4.78, 5) is 8.39. The Labute approximate surface area is 110 Å². The topological polar surface area (TPSA) is 67.7 Å². The molecule has 0 saturated carbocycles. The summed E-state index contributed by atoms with van der Waals surface area (Å²) in [7, 11) is 1.76. The molecule has 0 saturated heterocycles. The molecule has 0 spiro atoms. The fraction of sp³-hybridized carbons (Fsp3) is 0.364. The molecule has 2 aromatic rings. The molecular weight excluding hydrogens is 252 g/mol. The Morgan fingerprint density at radius 3 is 2.83 bits per heavy atom. The minimum Gasteiger partial charge on any atom is -0.372 e. The second kappa shape index (κ2) is 5.22. The Morgan fingerprint density at radius 1 is 1.44 bits per heavy atom. The number of anilines is 3. The van der Waals surface area contributed by atoms with E-state index in [1.807, 2.05) is 24.7 Å². The van der Waals surface area contributed by atoms with E-state index >= 15 is 0 Å². The van der Waals surface area contributed by atoms with Crippen LogP contribution in [0.2, 0.25) is 5.02 Å². The number of aryl methyl sites for hydroxylation is 2. The number of aromatic nitrogens is 4. The summed E-state index contributed by atoms with van der Waals surface area (Å²) in [6.07, 6.45) is 3.48. The summed E-state index contributed by atoms with van der Waals surface area (Å²) < 4.78 is 1.85. The molecule has 0 atom stereocenters. The van der Waals surface area contributed by atoms with Crippen molar-refractivity contribution in [3.05, 3.63) is 23.1 Å². The van der Waals surface area contributed by atoms with Gasteiger partial charge in [-0.2, -0.15) is 10.1 Å². The molecule has 2 heterocycles. The third-order valence-corrected chi connectivity index (χ3v) is 2.77. The highest BCUT2D eigenvalue weighted by atomic mass is 35.5. The van der Waals surface area contributed by atoms with Crippen molar-refractivity contribution in [2.45, 2.75) is 20.4 Å². The number of hydrogen-bond donors (Lipinski definition) is 2. The number of hydrogen-bond acceptors (Lipinski definition) is 5. The molecule has 0 aromatic carbocycles. The zero-order chi connectivity index (χ0) is 13.1. The molecule has 0 unspecified atom stereocenters. The summed E-state index contributed by atoms with van der Waals surface area (Å²) in [5, 5.41) is 10.9. The quantitative estimate of drug-likeness (QED) is 0.890. The van der Waals surface area contributed by atoms with Gasteiger partial charge >= 0.3 is 0 Å². The van der Waals surface area contributed by atoms with Gasteiger partial charge < -0.3 is 10.6 Å². The van der Waals surface area contributed by atoms with Gasteiger partial charge in [-0.1, -0.05) is 11.6 Å². The highest BCUT2D eigenvalue weighted by Gasteiger charge is 2.08. The summed E-state index contributed by atoms with van der Waals surface area (Å²) in [5.41, 5.74) is 1.79. The summed E-state index contributed by atoms with van der Waals surface area (Å²) in [5.74, 6) is 1.08. The highest BCUT2D eigenvalue weighted by molar-refractivity contribution is 6.32. The van der Waals surface area contributed by atoms with Gasteiger partial charge in [-0.25, -0.2) is 4.98 Å². The molecule has 7 heteroatoms. The lowest BCUT2D eigenvalue weighted by molar-refractivity contribution is 0.653. The van der Waals surface area contributed by atoms with Gasteiger partial charge in [-0.3, -0.25) is 4.68 Å². The van der Waals surface area contributed by atoms with Crippen molar-refractivity contribution < 1.29 is 0 Å². The average Bonchev–Trinajstić information content (AvgIpc) is 2.72. The van der Waals surface area contributed by atoms with Crippen LogP contribution in [0, 0.1) is 6.92 Å². The van der Waals surface area contributed by atoms with Crippen molar-refractivity contribution >= 4 is 29.1 Å². The van der Waals surface area contributed by atoms with E-state index in [-0.39, 0.29) is 0 Å². The Balaban J connectivity index is 2.25. The average molecular weight is 267 g/mol. The van der Waals surface area contributed by atoms with Crippen molar-refractivity contribution in [2.75, 3.05) is 17.7 Å². The Morgan fingerprint density at radius 2 is 2.22 bits per heavy atom. The van der Waals surface area contributed by atoms with E-state index in [0.29, 0.717) is 16.8 Å². The van der Waals surface area contributed by atoms with E-state index in [0.717, 1.165) is 17.9 Å². The fourth-order valence-electron chi connectivity index (χ4n) is 1.53. The lowest BCUT2D eigenvalue weighted by Crippen LogP contribution is -2.01. The van der Waals surface area contributed by atoms with E-state index in [1.165, 1.54) is 0 Å². The van der Waals surface area contributed by atoms with Gasteiger partial charge in [-0.05, 0) is 13.8 Å². The zero-order valence-corrected chi connectivity index (χ0v) is 11.3. The minimum atomic E-state index is 0.488. The second-order valence-electron chi connectivity index (χ2n) is 3.75. The standard InChI is InChI=1S/C11H15ClN6/c1-4-18-6-9(7(2)17-18)15-11-14-5-8(12)10(13-3)16-11/h5-6H,4H2,1-3H3,(H2,13,14,15,16). The molecular formula is C11H15ClN6. The van der Waals surface area contributed by atoms with Crippen LogP contribution in [-0.4, -0.2) is 26.8 Å². The molecule has 18 heavy (non-hydrogen) atoms. The molecule has 96 valence electrons. The van der Waals surface area contributed by atoms with Crippen LogP contribution in [0.1, 0.15) is 12.6 Å². The molecule has 0 fully saturated rings. The predicted octanol–water partition coefficient (Wildman–Crippen LogP) is 2.44. The third kappa shape index (κ3) is 2.53. The Kier molecular flexibility index (Phi) is 3.66.